The van der Waals surface area contributed by atoms with E-state index in [0.29, 0.717) is 17.1 Å². The predicted octanol–water partition coefficient (Wildman–Crippen LogP) is 4.11. The number of esters is 1. The van der Waals surface area contributed by atoms with E-state index in [0.717, 1.165) is 11.1 Å². The van der Waals surface area contributed by atoms with Gasteiger partial charge in [-0.3, -0.25) is 4.79 Å². The van der Waals surface area contributed by atoms with E-state index in [1.165, 1.54) is 0 Å². The van der Waals surface area contributed by atoms with Crippen molar-refractivity contribution in [2.75, 3.05) is 6.61 Å². The third kappa shape index (κ3) is 5.91. The first kappa shape index (κ1) is 19.0. The van der Waals surface area contributed by atoms with Crippen LogP contribution in [0, 0.1) is 0 Å². The van der Waals surface area contributed by atoms with Crippen LogP contribution in [0.1, 0.15) is 42.3 Å². The van der Waals surface area contributed by atoms with Gasteiger partial charge in [0.1, 0.15) is 0 Å². The van der Waals surface area contributed by atoms with Gasteiger partial charge in [0, 0.05) is 11.6 Å². The van der Waals surface area contributed by atoms with E-state index >= 15 is 0 Å². The predicted molar refractivity (Wildman–Crippen MR) is 98.7 cm³/mol. The minimum absolute atomic E-state index is 0.0165. The number of halogens is 1. The molecule has 0 fully saturated rings. The summed E-state index contributed by atoms with van der Waals surface area (Å²) in [5, 5.41) is 3.30. The lowest BCUT2D eigenvalue weighted by Gasteiger charge is -2.18. The zero-order valence-electron chi connectivity index (χ0n) is 14.6. The average Bonchev–Trinajstić information content (AvgIpc) is 2.57. The number of hydrogen-bond donors (Lipinski definition) is 1. The van der Waals surface area contributed by atoms with Crippen LogP contribution in [0.5, 0.6) is 0 Å². The first-order valence-corrected chi connectivity index (χ1v) is 8.42. The number of amides is 1. The fourth-order valence-electron chi connectivity index (χ4n) is 2.22. The van der Waals surface area contributed by atoms with Crippen molar-refractivity contribution in [3.05, 3.63) is 70.2 Å². The van der Waals surface area contributed by atoms with Crippen molar-refractivity contribution in [2.24, 2.45) is 0 Å². The Morgan fingerprint density at radius 1 is 1.08 bits per heavy atom. The molecule has 0 aromatic heterocycles. The van der Waals surface area contributed by atoms with Crippen molar-refractivity contribution >= 4 is 23.5 Å². The molecule has 0 aliphatic heterocycles. The van der Waals surface area contributed by atoms with Crippen molar-refractivity contribution in [1.29, 1.82) is 0 Å². The maximum Gasteiger partial charge on any atom is 0.338 e. The highest BCUT2D eigenvalue weighted by molar-refractivity contribution is 6.30. The number of rotatable bonds is 5. The molecule has 1 amide bonds. The third-order valence-corrected chi connectivity index (χ3v) is 3.93. The number of benzene rings is 2. The maximum atomic E-state index is 12.0. The molecule has 0 atom stereocenters. The summed E-state index contributed by atoms with van der Waals surface area (Å²) >= 11 is 5.89. The molecule has 0 saturated heterocycles. The van der Waals surface area contributed by atoms with Crippen LogP contribution in [0.15, 0.2) is 48.5 Å². The van der Waals surface area contributed by atoms with Crippen LogP contribution >= 0.6 is 11.6 Å². The third-order valence-electron chi connectivity index (χ3n) is 3.70. The SMILES string of the molecule is CC(C)(C)c1ccc(C(=O)OCC(=O)NCc2cccc(Cl)c2)cc1. The first-order valence-electron chi connectivity index (χ1n) is 8.04. The van der Waals surface area contributed by atoms with Crippen LogP contribution in [0.25, 0.3) is 0 Å². The quantitative estimate of drug-likeness (QED) is 0.817. The monoisotopic (exact) mass is 359 g/mol. The molecule has 0 unspecified atom stereocenters. The summed E-state index contributed by atoms with van der Waals surface area (Å²) in [7, 11) is 0. The second-order valence-corrected chi connectivity index (χ2v) is 7.25. The summed E-state index contributed by atoms with van der Waals surface area (Å²) in [6.07, 6.45) is 0. The molecular weight excluding hydrogens is 338 g/mol. The number of carbonyl (C=O) groups is 2. The van der Waals surface area contributed by atoms with Gasteiger partial charge in [-0.1, -0.05) is 56.6 Å². The first-order chi connectivity index (χ1) is 11.8. The Morgan fingerprint density at radius 2 is 1.76 bits per heavy atom. The molecule has 25 heavy (non-hydrogen) atoms. The summed E-state index contributed by atoms with van der Waals surface area (Å²) in [5.41, 5.74) is 2.45. The highest BCUT2D eigenvalue weighted by Crippen LogP contribution is 2.22. The molecule has 0 radical (unpaired) electrons. The zero-order chi connectivity index (χ0) is 18.4. The molecule has 2 rings (SSSR count). The van der Waals surface area contributed by atoms with E-state index in [9.17, 15) is 9.59 Å². The Labute approximate surface area is 153 Å². The highest BCUT2D eigenvalue weighted by atomic mass is 35.5. The smallest absolute Gasteiger partial charge is 0.338 e. The van der Waals surface area contributed by atoms with Crippen molar-refractivity contribution in [2.45, 2.75) is 32.7 Å². The van der Waals surface area contributed by atoms with Crippen molar-refractivity contribution < 1.29 is 14.3 Å². The molecule has 2 aromatic rings. The molecule has 0 saturated carbocycles. The summed E-state index contributed by atoms with van der Waals surface area (Å²) in [6, 6.07) is 14.4. The van der Waals surface area contributed by atoms with Crippen molar-refractivity contribution in [1.82, 2.24) is 5.32 Å². The molecule has 2 aromatic carbocycles. The normalized spacial score (nSPS) is 11.0. The van der Waals surface area contributed by atoms with Crippen LogP contribution in [-0.4, -0.2) is 18.5 Å². The molecular formula is C20H22ClNO3. The van der Waals surface area contributed by atoms with Gasteiger partial charge < -0.3 is 10.1 Å². The minimum atomic E-state index is -0.515. The molecule has 0 spiro atoms. The van der Waals surface area contributed by atoms with Gasteiger partial charge in [-0.25, -0.2) is 4.79 Å². The number of nitrogens with one attached hydrogen (secondary N) is 1. The second-order valence-electron chi connectivity index (χ2n) is 6.81. The Morgan fingerprint density at radius 3 is 2.36 bits per heavy atom. The summed E-state index contributed by atoms with van der Waals surface area (Å²) in [5.74, 6) is -0.877. The summed E-state index contributed by atoms with van der Waals surface area (Å²) in [6.45, 7) is 6.32. The Kier molecular flexibility index (Phi) is 6.21. The van der Waals surface area contributed by atoms with Gasteiger partial charge in [-0.15, -0.1) is 0 Å². The Balaban J connectivity index is 1.82. The lowest BCUT2D eigenvalue weighted by Crippen LogP contribution is -2.28. The summed E-state index contributed by atoms with van der Waals surface area (Å²) in [4.78, 5) is 23.8. The lowest BCUT2D eigenvalue weighted by atomic mass is 9.87. The van der Waals surface area contributed by atoms with Crippen LogP contribution in [0.4, 0.5) is 0 Å². The Hall–Kier alpha value is -2.33. The van der Waals surface area contributed by atoms with Gasteiger partial charge in [0.05, 0.1) is 5.56 Å². The number of ether oxygens (including phenoxy) is 1. The molecule has 4 nitrogen and oxygen atoms in total. The standard InChI is InChI=1S/C20H22ClNO3/c1-20(2,3)16-9-7-15(8-10-16)19(24)25-13-18(23)22-12-14-5-4-6-17(21)11-14/h4-11H,12-13H2,1-3H3,(H,22,23). The van der Waals surface area contributed by atoms with Gasteiger partial charge in [0.25, 0.3) is 5.91 Å². The van der Waals surface area contributed by atoms with Crippen molar-refractivity contribution in [3.8, 4) is 0 Å². The van der Waals surface area contributed by atoms with Crippen molar-refractivity contribution in [3.63, 3.8) is 0 Å². The molecule has 0 bridgehead atoms. The molecule has 1 N–H and O–H groups in total. The zero-order valence-corrected chi connectivity index (χ0v) is 15.4. The second kappa shape index (κ2) is 8.17. The average molecular weight is 360 g/mol. The van der Waals surface area contributed by atoms with Gasteiger partial charge >= 0.3 is 5.97 Å². The van der Waals surface area contributed by atoms with E-state index in [2.05, 4.69) is 26.1 Å². The molecule has 132 valence electrons. The van der Waals surface area contributed by atoms with Crippen LogP contribution in [-0.2, 0) is 21.5 Å². The Bertz CT molecular complexity index is 748. The molecule has 5 heteroatoms. The van der Waals surface area contributed by atoms with Gasteiger partial charge in [-0.05, 0) is 40.8 Å². The van der Waals surface area contributed by atoms with Crippen LogP contribution in [0.2, 0.25) is 5.02 Å². The topological polar surface area (TPSA) is 55.4 Å². The highest BCUT2D eigenvalue weighted by Gasteiger charge is 2.15. The van der Waals surface area contributed by atoms with Gasteiger partial charge in [0.15, 0.2) is 6.61 Å². The summed E-state index contributed by atoms with van der Waals surface area (Å²) < 4.78 is 5.05. The van der Waals surface area contributed by atoms with E-state index in [1.807, 2.05) is 24.3 Å². The maximum absolute atomic E-state index is 12.0. The molecule has 0 aliphatic rings. The van der Waals surface area contributed by atoms with E-state index in [1.54, 1.807) is 24.3 Å². The minimum Gasteiger partial charge on any atom is -0.452 e. The van der Waals surface area contributed by atoms with Gasteiger partial charge in [-0.2, -0.15) is 0 Å². The number of carbonyl (C=O) groups excluding carboxylic acids is 2. The van der Waals surface area contributed by atoms with E-state index < -0.39 is 5.97 Å². The lowest BCUT2D eigenvalue weighted by molar-refractivity contribution is -0.124. The van der Waals surface area contributed by atoms with E-state index in [-0.39, 0.29) is 17.9 Å². The van der Waals surface area contributed by atoms with Gasteiger partial charge in [0.2, 0.25) is 0 Å². The fraction of sp³-hybridized carbons (Fsp3) is 0.300. The largest absolute Gasteiger partial charge is 0.452 e. The van der Waals surface area contributed by atoms with Crippen LogP contribution in [0.3, 0.4) is 0 Å². The fourth-order valence-corrected chi connectivity index (χ4v) is 2.43. The molecule has 0 aliphatic carbocycles. The molecule has 0 heterocycles. The van der Waals surface area contributed by atoms with E-state index in [4.69, 9.17) is 16.3 Å². The number of hydrogen-bond acceptors (Lipinski definition) is 3. The van der Waals surface area contributed by atoms with Crippen LogP contribution < -0.4 is 5.32 Å².